The first-order valence-electron chi connectivity index (χ1n) is 13.3. The van der Waals surface area contributed by atoms with E-state index >= 15 is 4.39 Å². The van der Waals surface area contributed by atoms with Crippen molar-refractivity contribution in [2.45, 2.75) is 91.6 Å². The number of hydrogen-bond acceptors (Lipinski definition) is 6. The fraction of sp³-hybridized carbons (Fsp3) is 0.571. The van der Waals surface area contributed by atoms with Crippen molar-refractivity contribution in [3.8, 4) is 0 Å². The maximum Gasteiger partial charge on any atom is 0.354 e. The van der Waals surface area contributed by atoms with E-state index in [9.17, 15) is 19.0 Å². The third-order valence-corrected chi connectivity index (χ3v) is 7.93. The Morgan fingerprint density at radius 2 is 1.89 bits per heavy atom. The predicted molar refractivity (Wildman–Crippen MR) is 149 cm³/mol. The van der Waals surface area contributed by atoms with Crippen LogP contribution in [0, 0.1) is 11.2 Å². The van der Waals surface area contributed by atoms with Crippen LogP contribution in [0.1, 0.15) is 91.2 Å². The van der Waals surface area contributed by atoms with Crippen molar-refractivity contribution in [3.05, 3.63) is 45.8 Å². The van der Waals surface area contributed by atoms with Gasteiger partial charge < -0.3 is 19.5 Å². The van der Waals surface area contributed by atoms with Gasteiger partial charge >= 0.3 is 13.6 Å². The Kier molecular flexibility index (Phi) is 9.96. The van der Waals surface area contributed by atoms with Gasteiger partial charge in [-0.05, 0) is 64.7 Å². The van der Waals surface area contributed by atoms with E-state index in [1.807, 2.05) is 18.4 Å². The maximum atomic E-state index is 15.2. The molecule has 0 radical (unpaired) electrons. The summed E-state index contributed by atoms with van der Waals surface area (Å²) in [4.78, 5) is 35.4. The van der Waals surface area contributed by atoms with Gasteiger partial charge in [0.1, 0.15) is 5.82 Å². The summed E-state index contributed by atoms with van der Waals surface area (Å²) in [6, 6.07) is 3.19. The van der Waals surface area contributed by atoms with E-state index in [1.165, 1.54) is 18.6 Å². The van der Waals surface area contributed by atoms with Gasteiger partial charge in [-0.1, -0.05) is 33.1 Å². The zero-order valence-electron chi connectivity index (χ0n) is 23.0. The summed E-state index contributed by atoms with van der Waals surface area (Å²) < 4.78 is 39.4. The van der Waals surface area contributed by atoms with Gasteiger partial charge in [-0.2, -0.15) is 0 Å². The van der Waals surface area contributed by atoms with Gasteiger partial charge in [0, 0.05) is 35.0 Å². The van der Waals surface area contributed by atoms with Crippen LogP contribution >= 0.6 is 7.60 Å². The van der Waals surface area contributed by atoms with Gasteiger partial charge in [-0.3, -0.25) is 18.7 Å². The van der Waals surface area contributed by atoms with Crippen molar-refractivity contribution in [3.63, 3.8) is 0 Å². The average Bonchev–Trinajstić information content (AvgIpc) is 2.86. The van der Waals surface area contributed by atoms with Crippen LogP contribution in [0.5, 0.6) is 0 Å². The quantitative estimate of drug-likeness (QED) is 0.187. The minimum absolute atomic E-state index is 0.0345. The van der Waals surface area contributed by atoms with Crippen LogP contribution in [0.15, 0.2) is 28.9 Å². The Morgan fingerprint density at radius 3 is 2.50 bits per heavy atom. The normalized spacial score (nSPS) is 16.7. The number of carbonyl (C=O) groups excluding carboxylic acids is 1. The largest absolute Gasteiger partial charge is 0.438 e. The van der Waals surface area contributed by atoms with Crippen molar-refractivity contribution < 1.29 is 27.9 Å². The second-order valence-electron chi connectivity index (χ2n) is 10.9. The number of pyridine rings is 1. The van der Waals surface area contributed by atoms with Gasteiger partial charge in [-0.25, -0.2) is 4.39 Å². The summed E-state index contributed by atoms with van der Waals surface area (Å²) in [6.07, 6.45) is 9.79. The summed E-state index contributed by atoms with van der Waals surface area (Å²) in [5.41, 5.74) is -0.129. The molecule has 1 heterocycles. The number of hydrogen-bond donors (Lipinski definition) is 2. The van der Waals surface area contributed by atoms with Crippen molar-refractivity contribution in [1.29, 1.82) is 0 Å². The highest BCUT2D eigenvalue weighted by Crippen LogP contribution is 2.44. The first kappa shape index (κ1) is 30.1. The lowest BCUT2D eigenvalue weighted by Gasteiger charge is -2.25. The van der Waals surface area contributed by atoms with E-state index in [0.29, 0.717) is 11.2 Å². The SMILES string of the molecule is CCC(CC)n1cc(C=CP(=O)(O)OCOC(=O)C(C)(C)C)c(=O)c2cc(F)c(NC3CCCCC3)cc21. The van der Waals surface area contributed by atoms with Crippen molar-refractivity contribution >= 4 is 36.2 Å². The molecule has 1 atom stereocenters. The Morgan fingerprint density at radius 1 is 1.24 bits per heavy atom. The topological polar surface area (TPSA) is 107 Å². The summed E-state index contributed by atoms with van der Waals surface area (Å²) in [7, 11) is -4.33. The maximum absolute atomic E-state index is 15.2. The van der Waals surface area contributed by atoms with Crippen LogP contribution in [-0.2, 0) is 18.6 Å². The molecule has 0 bridgehead atoms. The zero-order chi connectivity index (χ0) is 28.1. The van der Waals surface area contributed by atoms with Gasteiger partial charge in [0.05, 0.1) is 16.6 Å². The van der Waals surface area contributed by atoms with E-state index in [1.54, 1.807) is 33.0 Å². The van der Waals surface area contributed by atoms with E-state index in [2.05, 4.69) is 5.32 Å². The average molecular weight is 551 g/mol. The second-order valence-corrected chi connectivity index (χ2v) is 12.6. The molecule has 1 unspecified atom stereocenters. The van der Waals surface area contributed by atoms with Gasteiger partial charge in [0.2, 0.25) is 6.79 Å². The molecule has 10 heteroatoms. The van der Waals surface area contributed by atoms with Crippen molar-refractivity contribution in [2.24, 2.45) is 5.41 Å². The van der Waals surface area contributed by atoms with Crippen LogP contribution in [0.3, 0.4) is 0 Å². The van der Waals surface area contributed by atoms with Crippen LogP contribution in [0.25, 0.3) is 17.0 Å². The number of anilines is 1. The van der Waals surface area contributed by atoms with E-state index < -0.39 is 37.0 Å². The number of carbonyl (C=O) groups is 1. The van der Waals surface area contributed by atoms with Crippen LogP contribution < -0.4 is 10.7 Å². The third-order valence-electron chi connectivity index (χ3n) is 6.93. The molecule has 1 saturated carbocycles. The molecule has 1 aliphatic rings. The first-order chi connectivity index (χ1) is 17.9. The Bertz CT molecular complexity index is 1270. The van der Waals surface area contributed by atoms with Crippen molar-refractivity contribution in [2.75, 3.05) is 12.1 Å². The van der Waals surface area contributed by atoms with Crippen LogP contribution in [0.4, 0.5) is 10.1 Å². The molecule has 8 nitrogen and oxygen atoms in total. The molecule has 2 N–H and O–H groups in total. The number of halogens is 1. The molecule has 0 spiro atoms. The number of nitrogens with one attached hydrogen (secondary N) is 1. The Hall–Kier alpha value is -2.48. The molecule has 1 aliphatic carbocycles. The molecule has 3 rings (SSSR count). The highest BCUT2D eigenvalue weighted by Gasteiger charge is 2.25. The van der Waals surface area contributed by atoms with Gasteiger partial charge in [0.15, 0.2) is 5.43 Å². The number of aromatic nitrogens is 1. The smallest absolute Gasteiger partial charge is 0.354 e. The summed E-state index contributed by atoms with van der Waals surface area (Å²) >= 11 is 0. The lowest BCUT2D eigenvalue weighted by atomic mass is 9.95. The van der Waals surface area contributed by atoms with Crippen LogP contribution in [-0.4, -0.2) is 28.3 Å². The molecule has 0 amide bonds. The molecule has 2 aromatic rings. The Labute approximate surface area is 223 Å². The van der Waals surface area contributed by atoms with Crippen molar-refractivity contribution in [1.82, 2.24) is 4.57 Å². The number of ether oxygens (including phenoxy) is 1. The van der Waals surface area contributed by atoms with E-state index in [4.69, 9.17) is 9.26 Å². The fourth-order valence-electron chi connectivity index (χ4n) is 4.66. The van der Waals surface area contributed by atoms with Crippen LogP contribution in [0.2, 0.25) is 0 Å². The summed E-state index contributed by atoms with van der Waals surface area (Å²) in [5, 5.41) is 3.53. The monoisotopic (exact) mass is 550 g/mol. The molecule has 1 fully saturated rings. The second kappa shape index (κ2) is 12.6. The number of rotatable bonds is 10. The lowest BCUT2D eigenvalue weighted by molar-refractivity contribution is -0.159. The molecule has 1 aromatic heterocycles. The number of fused-ring (bicyclic) bond motifs is 1. The molecule has 210 valence electrons. The molecule has 1 aromatic carbocycles. The fourth-order valence-corrected chi connectivity index (χ4v) is 5.30. The Balaban J connectivity index is 1.95. The molecular weight excluding hydrogens is 510 g/mol. The molecule has 0 saturated heterocycles. The summed E-state index contributed by atoms with van der Waals surface area (Å²) in [5.74, 6) is -0.203. The highest BCUT2D eigenvalue weighted by atomic mass is 31.2. The third kappa shape index (κ3) is 7.55. The molecule has 38 heavy (non-hydrogen) atoms. The first-order valence-corrected chi connectivity index (χ1v) is 15.0. The minimum Gasteiger partial charge on any atom is -0.438 e. The van der Waals surface area contributed by atoms with E-state index in [0.717, 1.165) is 44.3 Å². The van der Waals surface area contributed by atoms with Gasteiger partial charge in [0.25, 0.3) is 0 Å². The van der Waals surface area contributed by atoms with Gasteiger partial charge in [-0.15, -0.1) is 0 Å². The lowest BCUT2D eigenvalue weighted by Crippen LogP contribution is -2.23. The number of esters is 1. The molecule has 0 aliphatic heterocycles. The predicted octanol–water partition coefficient (Wildman–Crippen LogP) is 6.97. The minimum atomic E-state index is -4.33. The number of nitrogens with zero attached hydrogens (tertiary/aromatic N) is 1. The highest BCUT2D eigenvalue weighted by molar-refractivity contribution is 7.56. The van der Waals surface area contributed by atoms with E-state index in [-0.39, 0.29) is 23.0 Å². The summed E-state index contributed by atoms with van der Waals surface area (Å²) in [6.45, 7) is 8.31. The standard InChI is InChI=1S/C28H40FN2O6P/c1-6-21(7-2)31-17-19(13-14-38(34,35)37-18-36-27(33)28(3,4)5)26(32)22-15-23(29)24(16-25(22)31)30-20-11-9-8-10-12-20/h13-17,20-21,30H,6-12,18H2,1-5H3,(H,34,35). The zero-order valence-corrected chi connectivity index (χ0v) is 23.9. The molecular formula is C28H40FN2O6P. The number of benzene rings is 1.